The Labute approximate surface area is 255 Å². The summed E-state index contributed by atoms with van der Waals surface area (Å²) < 4.78 is 94.4. The first-order chi connectivity index (χ1) is 19.2. The van der Waals surface area contributed by atoms with Gasteiger partial charge in [-0.2, -0.15) is 0 Å². The number of allylic oxidation sites excluding steroid dienone is 12. The summed E-state index contributed by atoms with van der Waals surface area (Å²) >= 11 is 0. The lowest BCUT2D eigenvalue weighted by molar-refractivity contribution is 0.556. The molecule has 0 saturated heterocycles. The van der Waals surface area contributed by atoms with E-state index in [2.05, 4.69) is 0 Å². The fraction of sp³-hybridized carbons (Fsp3) is 0.467. The Morgan fingerprint density at radius 2 is 0.524 bits per heavy atom. The van der Waals surface area contributed by atoms with E-state index in [0.29, 0.717) is 0 Å². The zero-order chi connectivity index (χ0) is 33.1. The van der Waals surface area contributed by atoms with Crippen LogP contribution in [0.25, 0.3) is 0 Å². The van der Waals surface area contributed by atoms with Gasteiger partial charge >= 0.3 is 0 Å². The molecular formula is C30H48O8S4. The molecule has 0 aliphatic rings. The van der Waals surface area contributed by atoms with Gasteiger partial charge in [-0.25, -0.2) is 33.7 Å². The predicted octanol–water partition coefficient (Wildman–Crippen LogP) is 5.63. The lowest BCUT2D eigenvalue weighted by atomic mass is 10.5. The lowest BCUT2D eigenvalue weighted by Gasteiger charge is -2.23. The van der Waals surface area contributed by atoms with Crippen molar-refractivity contribution in [2.45, 2.75) is 63.5 Å². The van der Waals surface area contributed by atoms with Crippen molar-refractivity contribution in [3.63, 3.8) is 0 Å². The SMILES string of the molecule is CC=CC=CCS(=O)(=O)C(C)(C)S(=O)(=O)CC=CC=CC.CC=CC=CCS(=O)(=O)C(C)(C)S(=O)(=O)CC=CC=CC. The summed E-state index contributed by atoms with van der Waals surface area (Å²) in [5, 5.41) is 0. The van der Waals surface area contributed by atoms with Gasteiger partial charge in [0, 0.05) is 0 Å². The molecule has 12 heteroatoms. The van der Waals surface area contributed by atoms with Crippen LogP contribution in [0.5, 0.6) is 0 Å². The number of sulfone groups is 4. The van der Waals surface area contributed by atoms with Crippen LogP contribution in [-0.4, -0.2) is 64.8 Å². The van der Waals surface area contributed by atoms with E-state index in [9.17, 15) is 33.7 Å². The normalized spacial score (nSPS) is 15.0. The maximum atomic E-state index is 12.3. The molecule has 0 aliphatic heterocycles. The Kier molecular flexibility index (Phi) is 19.0. The smallest absolute Gasteiger partial charge is 0.173 e. The highest BCUT2D eigenvalue weighted by molar-refractivity contribution is 8.10. The summed E-state index contributed by atoms with van der Waals surface area (Å²) in [6, 6.07) is 0. The van der Waals surface area contributed by atoms with Gasteiger partial charge in [0.1, 0.15) is 0 Å². The van der Waals surface area contributed by atoms with Crippen LogP contribution in [-0.2, 0) is 39.3 Å². The van der Waals surface area contributed by atoms with E-state index in [1.165, 1.54) is 52.0 Å². The Morgan fingerprint density at radius 1 is 0.357 bits per heavy atom. The average Bonchev–Trinajstić information content (AvgIpc) is 2.89. The molecule has 0 aromatic heterocycles. The highest BCUT2D eigenvalue weighted by Gasteiger charge is 2.45. The fourth-order valence-electron chi connectivity index (χ4n) is 2.68. The highest BCUT2D eigenvalue weighted by atomic mass is 32.3. The molecule has 0 fully saturated rings. The van der Waals surface area contributed by atoms with E-state index in [1.807, 2.05) is 27.7 Å². The molecule has 0 atom stereocenters. The molecule has 42 heavy (non-hydrogen) atoms. The molecule has 0 aromatic rings. The van der Waals surface area contributed by atoms with Crippen molar-refractivity contribution in [1.29, 1.82) is 0 Å². The van der Waals surface area contributed by atoms with Gasteiger partial charge in [0.2, 0.25) is 0 Å². The van der Waals surface area contributed by atoms with Crippen molar-refractivity contribution in [3.05, 3.63) is 97.2 Å². The first-order valence-electron chi connectivity index (χ1n) is 13.2. The standard InChI is InChI=1S/2C15H24O4S2/c2*1-5-7-9-11-13-20(16,17)15(3,4)21(18,19)14-12-10-8-6-2/h2*5-12H,13-14H2,1-4H3. The monoisotopic (exact) mass is 664 g/mol. The Morgan fingerprint density at radius 3 is 0.667 bits per heavy atom. The molecule has 0 saturated carbocycles. The Hall–Kier alpha value is -2.28. The van der Waals surface area contributed by atoms with Crippen LogP contribution in [0.1, 0.15) is 55.4 Å². The third kappa shape index (κ3) is 13.4. The number of hydrogen-bond donors (Lipinski definition) is 0. The van der Waals surface area contributed by atoms with Crippen LogP contribution in [0.2, 0.25) is 0 Å². The maximum Gasteiger partial charge on any atom is 0.173 e. The van der Waals surface area contributed by atoms with Gasteiger partial charge in [-0.3, -0.25) is 0 Å². The molecule has 0 radical (unpaired) electrons. The maximum absolute atomic E-state index is 12.3. The average molecular weight is 665 g/mol. The van der Waals surface area contributed by atoms with Gasteiger partial charge in [0.25, 0.3) is 0 Å². The summed E-state index contributed by atoms with van der Waals surface area (Å²) in [5.74, 6) is -1.21. The van der Waals surface area contributed by atoms with Gasteiger partial charge in [-0.05, 0) is 55.4 Å². The van der Waals surface area contributed by atoms with E-state index < -0.39 is 47.5 Å². The Balaban J connectivity index is 0. The summed E-state index contributed by atoms with van der Waals surface area (Å²) in [7, 11) is -15.2. The van der Waals surface area contributed by atoms with Crippen LogP contribution < -0.4 is 0 Å². The van der Waals surface area contributed by atoms with Gasteiger partial charge in [0.15, 0.2) is 47.5 Å². The van der Waals surface area contributed by atoms with Gasteiger partial charge in [0.05, 0.1) is 23.0 Å². The zero-order valence-electron chi connectivity index (χ0n) is 26.0. The quantitative estimate of drug-likeness (QED) is 0.194. The second-order valence-electron chi connectivity index (χ2n) is 9.74. The third-order valence-corrected chi connectivity index (χ3v) is 17.6. The molecule has 0 bridgehead atoms. The van der Waals surface area contributed by atoms with Crippen LogP contribution in [0.4, 0.5) is 0 Å². The molecule has 0 spiro atoms. The second-order valence-corrected chi connectivity index (χ2v) is 20.6. The van der Waals surface area contributed by atoms with E-state index >= 15 is 0 Å². The minimum atomic E-state index is -3.80. The first-order valence-corrected chi connectivity index (χ1v) is 19.9. The molecule has 0 amide bonds. The van der Waals surface area contributed by atoms with E-state index in [0.717, 1.165) is 0 Å². The number of hydrogen-bond acceptors (Lipinski definition) is 8. The summed E-state index contributed by atoms with van der Waals surface area (Å²) in [4.78, 5) is 0. The van der Waals surface area contributed by atoms with Crippen LogP contribution in [0.15, 0.2) is 97.2 Å². The molecular weight excluding hydrogens is 617 g/mol. The molecule has 240 valence electrons. The first kappa shape index (κ1) is 41.9. The van der Waals surface area contributed by atoms with E-state index in [1.54, 1.807) is 72.9 Å². The Bertz CT molecular complexity index is 1270. The molecule has 0 aliphatic carbocycles. The molecule has 0 aromatic carbocycles. The van der Waals surface area contributed by atoms with E-state index in [4.69, 9.17) is 0 Å². The summed E-state index contributed by atoms with van der Waals surface area (Å²) in [6.45, 7) is 12.2. The minimum absolute atomic E-state index is 0.303. The van der Waals surface area contributed by atoms with Crippen LogP contribution in [0, 0.1) is 0 Å². The summed E-state index contributed by atoms with van der Waals surface area (Å²) in [5.41, 5.74) is 0. The van der Waals surface area contributed by atoms with Crippen molar-refractivity contribution in [2.75, 3.05) is 23.0 Å². The molecule has 0 heterocycles. The van der Waals surface area contributed by atoms with Gasteiger partial charge in [-0.15, -0.1) is 0 Å². The molecule has 8 nitrogen and oxygen atoms in total. The van der Waals surface area contributed by atoms with Crippen molar-refractivity contribution >= 4 is 39.3 Å². The molecule has 0 unspecified atom stereocenters. The van der Waals surface area contributed by atoms with Crippen molar-refractivity contribution < 1.29 is 33.7 Å². The van der Waals surface area contributed by atoms with Gasteiger partial charge < -0.3 is 0 Å². The third-order valence-electron chi connectivity index (χ3n) is 6.02. The predicted molar refractivity (Wildman–Crippen MR) is 179 cm³/mol. The van der Waals surface area contributed by atoms with Crippen molar-refractivity contribution in [1.82, 2.24) is 0 Å². The van der Waals surface area contributed by atoms with Crippen LogP contribution in [0.3, 0.4) is 0 Å². The van der Waals surface area contributed by atoms with Crippen molar-refractivity contribution in [2.24, 2.45) is 0 Å². The van der Waals surface area contributed by atoms with Crippen molar-refractivity contribution in [3.8, 4) is 0 Å². The summed E-state index contributed by atoms with van der Waals surface area (Å²) in [6.07, 6.45) is 26.0. The highest BCUT2D eigenvalue weighted by Crippen LogP contribution is 2.27. The topological polar surface area (TPSA) is 137 Å². The second kappa shape index (κ2) is 19.1. The molecule has 0 rings (SSSR count). The number of rotatable bonds is 16. The lowest BCUT2D eigenvalue weighted by Crippen LogP contribution is -2.42. The minimum Gasteiger partial charge on any atom is -0.227 e. The van der Waals surface area contributed by atoms with E-state index in [-0.39, 0.29) is 23.0 Å². The van der Waals surface area contributed by atoms with Crippen LogP contribution >= 0.6 is 0 Å². The van der Waals surface area contributed by atoms with Gasteiger partial charge in [-0.1, -0.05) is 97.2 Å². The molecule has 0 N–H and O–H groups in total. The largest absolute Gasteiger partial charge is 0.227 e. The fourth-order valence-corrected chi connectivity index (χ4v) is 9.65. The zero-order valence-corrected chi connectivity index (χ0v) is 29.2.